The summed E-state index contributed by atoms with van der Waals surface area (Å²) in [6.07, 6.45) is 1.60. The van der Waals surface area contributed by atoms with Gasteiger partial charge in [0.15, 0.2) is 0 Å². The van der Waals surface area contributed by atoms with Crippen molar-refractivity contribution >= 4 is 17.5 Å². The van der Waals surface area contributed by atoms with Crippen molar-refractivity contribution in [1.29, 1.82) is 0 Å². The molecule has 1 saturated heterocycles. The molecular weight excluding hydrogens is 272 g/mol. The van der Waals surface area contributed by atoms with Crippen LogP contribution in [0, 0.1) is 0 Å². The molecule has 0 spiro atoms. The van der Waals surface area contributed by atoms with Crippen molar-refractivity contribution in [3.63, 3.8) is 0 Å². The Morgan fingerprint density at radius 3 is 2.76 bits per heavy atom. The van der Waals surface area contributed by atoms with E-state index >= 15 is 0 Å². The number of carbonyl (C=O) groups is 2. The van der Waals surface area contributed by atoms with Gasteiger partial charge in [0.2, 0.25) is 5.91 Å². The second kappa shape index (κ2) is 7.03. The van der Waals surface area contributed by atoms with E-state index in [1.165, 1.54) is 4.90 Å². The van der Waals surface area contributed by atoms with Crippen LogP contribution in [0.1, 0.15) is 10.5 Å². The van der Waals surface area contributed by atoms with Gasteiger partial charge in [-0.15, -0.1) is 0 Å². The lowest BCUT2D eigenvalue weighted by atomic mass is 10.2. The molecule has 1 aliphatic rings. The highest BCUT2D eigenvalue weighted by atomic mass is 16.5. The Morgan fingerprint density at radius 1 is 1.38 bits per heavy atom. The average molecular weight is 292 g/mol. The summed E-state index contributed by atoms with van der Waals surface area (Å²) in [5, 5.41) is 2.57. The van der Waals surface area contributed by atoms with E-state index in [1.807, 2.05) is 6.07 Å². The molecule has 2 rings (SSSR count). The van der Waals surface area contributed by atoms with E-state index < -0.39 is 0 Å². The number of morpholine rings is 1. The van der Waals surface area contributed by atoms with Crippen LogP contribution in [-0.4, -0.2) is 68.6 Å². The molecule has 0 saturated carbocycles. The van der Waals surface area contributed by atoms with Gasteiger partial charge in [-0.3, -0.25) is 14.6 Å². The topological polar surface area (TPSA) is 74.8 Å². The molecule has 7 heteroatoms. The molecule has 0 bridgehead atoms. The number of hydrogen-bond donors (Lipinski definition) is 1. The first-order valence-corrected chi connectivity index (χ1v) is 6.85. The van der Waals surface area contributed by atoms with Crippen LogP contribution in [-0.2, 0) is 9.53 Å². The number of nitrogens with zero attached hydrogens (tertiary/aromatic N) is 3. The quantitative estimate of drug-likeness (QED) is 0.827. The highest BCUT2D eigenvalue weighted by Crippen LogP contribution is 2.15. The zero-order valence-corrected chi connectivity index (χ0v) is 12.3. The maximum Gasteiger partial charge on any atom is 0.270 e. The predicted molar refractivity (Wildman–Crippen MR) is 78.3 cm³/mol. The second-order valence-electron chi connectivity index (χ2n) is 4.97. The summed E-state index contributed by atoms with van der Waals surface area (Å²) in [6.45, 7) is 2.92. The van der Waals surface area contributed by atoms with Crippen LogP contribution < -0.4 is 10.2 Å². The van der Waals surface area contributed by atoms with Crippen LogP contribution >= 0.6 is 0 Å². The van der Waals surface area contributed by atoms with Crippen molar-refractivity contribution < 1.29 is 14.3 Å². The summed E-state index contributed by atoms with van der Waals surface area (Å²) in [5.41, 5.74) is 1.25. The van der Waals surface area contributed by atoms with Gasteiger partial charge in [-0.05, 0) is 12.1 Å². The number of rotatable bonds is 4. The number of nitrogens with one attached hydrogen (secondary N) is 1. The van der Waals surface area contributed by atoms with Gasteiger partial charge in [0.05, 0.1) is 19.8 Å². The normalized spacial score (nSPS) is 14.7. The molecule has 7 nitrogen and oxygen atoms in total. The van der Waals surface area contributed by atoms with Gasteiger partial charge in [-0.2, -0.15) is 0 Å². The largest absolute Gasteiger partial charge is 0.378 e. The number of ether oxygens (including phenoxy) is 1. The van der Waals surface area contributed by atoms with Gasteiger partial charge in [0.1, 0.15) is 5.69 Å². The Labute approximate surface area is 123 Å². The SMILES string of the molecule is CN(C)C(=O)CNC(=O)c1cc(N2CCOCC2)ccn1. The molecule has 0 radical (unpaired) electrons. The lowest BCUT2D eigenvalue weighted by molar-refractivity contribution is -0.127. The zero-order valence-electron chi connectivity index (χ0n) is 12.3. The molecule has 0 aromatic carbocycles. The molecule has 1 aliphatic heterocycles. The van der Waals surface area contributed by atoms with Crippen molar-refractivity contribution in [3.05, 3.63) is 24.0 Å². The molecule has 114 valence electrons. The smallest absolute Gasteiger partial charge is 0.270 e. The molecule has 21 heavy (non-hydrogen) atoms. The first-order chi connectivity index (χ1) is 10.1. The predicted octanol–water partition coefficient (Wildman–Crippen LogP) is -0.264. The Morgan fingerprint density at radius 2 is 2.10 bits per heavy atom. The third kappa shape index (κ3) is 4.16. The molecule has 0 atom stereocenters. The van der Waals surface area contributed by atoms with E-state index in [2.05, 4.69) is 15.2 Å². The van der Waals surface area contributed by atoms with Crippen molar-refractivity contribution in [1.82, 2.24) is 15.2 Å². The fourth-order valence-electron chi connectivity index (χ4n) is 1.97. The summed E-state index contributed by atoms with van der Waals surface area (Å²) < 4.78 is 5.31. The third-order valence-electron chi connectivity index (χ3n) is 3.25. The Kier molecular flexibility index (Phi) is 5.10. The molecule has 0 unspecified atom stereocenters. The average Bonchev–Trinajstić information content (AvgIpc) is 2.53. The number of pyridine rings is 1. The summed E-state index contributed by atoms with van der Waals surface area (Å²) in [6, 6.07) is 3.61. The summed E-state index contributed by atoms with van der Waals surface area (Å²) in [4.78, 5) is 31.1. The molecule has 1 fully saturated rings. The molecule has 1 aromatic rings. The van der Waals surface area contributed by atoms with Crippen LogP contribution in [0.25, 0.3) is 0 Å². The van der Waals surface area contributed by atoms with Gasteiger partial charge >= 0.3 is 0 Å². The van der Waals surface area contributed by atoms with Gasteiger partial charge in [-0.25, -0.2) is 0 Å². The molecule has 1 N–H and O–H groups in total. The Balaban J connectivity index is 1.99. The van der Waals surface area contributed by atoms with E-state index in [0.29, 0.717) is 18.9 Å². The van der Waals surface area contributed by atoms with E-state index in [4.69, 9.17) is 4.74 Å². The van der Waals surface area contributed by atoms with Crippen molar-refractivity contribution in [2.75, 3.05) is 51.8 Å². The lowest BCUT2D eigenvalue weighted by Gasteiger charge is -2.28. The molecule has 2 heterocycles. The van der Waals surface area contributed by atoms with E-state index in [9.17, 15) is 9.59 Å². The van der Waals surface area contributed by atoms with Crippen molar-refractivity contribution in [3.8, 4) is 0 Å². The second-order valence-corrected chi connectivity index (χ2v) is 4.97. The van der Waals surface area contributed by atoms with Crippen LogP contribution in [0.5, 0.6) is 0 Å². The lowest BCUT2D eigenvalue weighted by Crippen LogP contribution is -2.37. The first kappa shape index (κ1) is 15.2. The van der Waals surface area contributed by atoms with Crippen LogP contribution in [0.4, 0.5) is 5.69 Å². The van der Waals surface area contributed by atoms with E-state index in [-0.39, 0.29) is 18.4 Å². The van der Waals surface area contributed by atoms with Gasteiger partial charge in [-0.1, -0.05) is 0 Å². The summed E-state index contributed by atoms with van der Waals surface area (Å²) >= 11 is 0. The molecule has 1 aromatic heterocycles. The fourth-order valence-corrected chi connectivity index (χ4v) is 1.97. The molecule has 2 amide bonds. The minimum absolute atomic E-state index is 0.0324. The van der Waals surface area contributed by atoms with Gasteiger partial charge in [0.25, 0.3) is 5.91 Å². The fraction of sp³-hybridized carbons (Fsp3) is 0.500. The Hall–Kier alpha value is -2.15. The number of amides is 2. The number of carbonyl (C=O) groups excluding carboxylic acids is 2. The third-order valence-corrected chi connectivity index (χ3v) is 3.25. The maximum atomic E-state index is 12.0. The zero-order chi connectivity index (χ0) is 15.2. The van der Waals surface area contributed by atoms with Gasteiger partial charge in [0, 0.05) is 39.1 Å². The highest BCUT2D eigenvalue weighted by Gasteiger charge is 2.15. The maximum absolute atomic E-state index is 12.0. The summed E-state index contributed by atoms with van der Waals surface area (Å²) in [5.74, 6) is -0.506. The number of anilines is 1. The Bertz CT molecular complexity index is 513. The minimum atomic E-state index is -0.347. The van der Waals surface area contributed by atoms with Crippen molar-refractivity contribution in [2.45, 2.75) is 0 Å². The number of aromatic nitrogens is 1. The minimum Gasteiger partial charge on any atom is -0.378 e. The van der Waals surface area contributed by atoms with Crippen LogP contribution in [0.15, 0.2) is 18.3 Å². The molecule has 0 aliphatic carbocycles. The standard InChI is InChI=1S/C14H20N4O3/c1-17(2)13(19)10-16-14(20)12-9-11(3-4-15-12)18-5-7-21-8-6-18/h3-4,9H,5-8,10H2,1-2H3,(H,16,20). The van der Waals surface area contributed by atoms with E-state index in [1.54, 1.807) is 26.4 Å². The van der Waals surface area contributed by atoms with Crippen LogP contribution in [0.3, 0.4) is 0 Å². The van der Waals surface area contributed by atoms with Crippen molar-refractivity contribution in [2.24, 2.45) is 0 Å². The summed E-state index contributed by atoms with van der Waals surface area (Å²) in [7, 11) is 3.29. The first-order valence-electron chi connectivity index (χ1n) is 6.85. The van der Waals surface area contributed by atoms with E-state index in [0.717, 1.165) is 18.8 Å². The van der Waals surface area contributed by atoms with Crippen LogP contribution in [0.2, 0.25) is 0 Å². The molecular formula is C14H20N4O3. The van der Waals surface area contributed by atoms with Gasteiger partial charge < -0.3 is 19.9 Å². The monoisotopic (exact) mass is 292 g/mol. The number of likely N-dealkylation sites (N-methyl/N-ethyl adjacent to an activating group) is 1. The number of hydrogen-bond acceptors (Lipinski definition) is 5. The highest BCUT2D eigenvalue weighted by molar-refractivity contribution is 5.95.